The number of methoxy groups -OCH3 is 1. The number of hydrogen-bond acceptors (Lipinski definition) is 6. The van der Waals surface area contributed by atoms with Gasteiger partial charge >= 0.3 is 5.97 Å². The fourth-order valence-corrected chi connectivity index (χ4v) is 3.73. The van der Waals surface area contributed by atoms with E-state index < -0.39 is 10.9 Å². The van der Waals surface area contributed by atoms with E-state index >= 15 is 0 Å². The number of carbonyl (C=O) groups excluding carboxylic acids is 1. The molecule has 0 radical (unpaired) electrons. The van der Waals surface area contributed by atoms with Gasteiger partial charge in [-0.15, -0.1) is 0 Å². The standard InChI is InChI=1S/C16H16N2O4S/c1-22-16(19)13-9-12(18(20)21)4-5-15(13)17-7-2-3-14(17)11-6-8-23-10-11/h4-6,8-10,14H,2-3,7H2,1H3/t14-/m1/s1. The summed E-state index contributed by atoms with van der Waals surface area (Å²) in [6.07, 6.45) is 2.01. The molecule has 6 nitrogen and oxygen atoms in total. The van der Waals surface area contributed by atoms with Gasteiger partial charge in [-0.25, -0.2) is 4.79 Å². The fraction of sp³-hybridized carbons (Fsp3) is 0.312. The molecule has 1 atom stereocenters. The smallest absolute Gasteiger partial charge is 0.340 e. The van der Waals surface area contributed by atoms with E-state index in [2.05, 4.69) is 16.3 Å². The molecular weight excluding hydrogens is 316 g/mol. The number of esters is 1. The first-order chi connectivity index (χ1) is 11.1. The van der Waals surface area contributed by atoms with Gasteiger partial charge in [-0.05, 0) is 41.3 Å². The van der Waals surface area contributed by atoms with Crippen LogP contribution in [0.25, 0.3) is 0 Å². The van der Waals surface area contributed by atoms with Crippen LogP contribution in [0, 0.1) is 10.1 Å². The summed E-state index contributed by atoms with van der Waals surface area (Å²) in [4.78, 5) is 24.7. The lowest BCUT2D eigenvalue weighted by Gasteiger charge is -2.28. The Morgan fingerprint density at radius 3 is 2.91 bits per heavy atom. The molecule has 3 rings (SSSR count). The molecule has 1 aliphatic rings. The van der Waals surface area contributed by atoms with Crippen LogP contribution in [-0.4, -0.2) is 24.5 Å². The molecule has 2 heterocycles. The quantitative estimate of drug-likeness (QED) is 0.484. The summed E-state index contributed by atoms with van der Waals surface area (Å²) in [7, 11) is 1.28. The summed E-state index contributed by atoms with van der Waals surface area (Å²) >= 11 is 1.64. The molecule has 1 saturated heterocycles. The number of nitrogens with zero attached hydrogens (tertiary/aromatic N) is 2. The second kappa shape index (κ2) is 6.37. The van der Waals surface area contributed by atoms with Gasteiger partial charge in [0.15, 0.2) is 0 Å². The minimum atomic E-state index is -0.556. The molecule has 7 heteroatoms. The monoisotopic (exact) mass is 332 g/mol. The Balaban J connectivity index is 2.04. The Morgan fingerprint density at radius 2 is 2.26 bits per heavy atom. The minimum absolute atomic E-state index is 0.111. The normalized spacial score (nSPS) is 17.3. The van der Waals surface area contributed by atoms with Gasteiger partial charge in [0.25, 0.3) is 5.69 Å². The van der Waals surface area contributed by atoms with Crippen molar-refractivity contribution >= 4 is 28.7 Å². The van der Waals surface area contributed by atoms with Crippen LogP contribution in [0.5, 0.6) is 0 Å². The Morgan fingerprint density at radius 1 is 1.43 bits per heavy atom. The fourth-order valence-electron chi connectivity index (χ4n) is 3.03. The SMILES string of the molecule is COC(=O)c1cc([N+](=O)[O-])ccc1N1CCC[C@@H]1c1ccsc1. The van der Waals surface area contributed by atoms with Crippen LogP contribution in [0.15, 0.2) is 35.0 Å². The molecule has 0 saturated carbocycles. The van der Waals surface area contributed by atoms with Crippen molar-refractivity contribution in [2.45, 2.75) is 18.9 Å². The van der Waals surface area contributed by atoms with Gasteiger partial charge in [0, 0.05) is 18.7 Å². The molecule has 0 amide bonds. The van der Waals surface area contributed by atoms with Crippen LogP contribution in [-0.2, 0) is 4.74 Å². The second-order valence-electron chi connectivity index (χ2n) is 5.36. The van der Waals surface area contributed by atoms with Gasteiger partial charge in [-0.1, -0.05) is 0 Å². The highest BCUT2D eigenvalue weighted by Crippen LogP contribution is 2.39. The van der Waals surface area contributed by atoms with E-state index in [4.69, 9.17) is 4.74 Å². The van der Waals surface area contributed by atoms with Crippen molar-refractivity contribution in [3.63, 3.8) is 0 Å². The number of carbonyl (C=O) groups is 1. The molecule has 1 aromatic carbocycles. The van der Waals surface area contributed by atoms with Gasteiger partial charge in [0.05, 0.1) is 29.3 Å². The van der Waals surface area contributed by atoms with Crippen LogP contribution >= 0.6 is 11.3 Å². The van der Waals surface area contributed by atoms with Crippen LogP contribution in [0.1, 0.15) is 34.8 Å². The van der Waals surface area contributed by atoms with Gasteiger partial charge in [-0.3, -0.25) is 10.1 Å². The molecule has 0 bridgehead atoms. The molecule has 0 N–H and O–H groups in total. The number of ether oxygens (including phenoxy) is 1. The van der Waals surface area contributed by atoms with E-state index in [-0.39, 0.29) is 17.3 Å². The predicted molar refractivity (Wildman–Crippen MR) is 88.1 cm³/mol. The summed E-state index contributed by atoms with van der Waals surface area (Å²) in [6.45, 7) is 0.808. The highest BCUT2D eigenvalue weighted by molar-refractivity contribution is 7.08. The molecule has 1 fully saturated rings. The summed E-state index contributed by atoms with van der Waals surface area (Å²) in [5.74, 6) is -0.556. The van der Waals surface area contributed by atoms with Crippen LogP contribution in [0.2, 0.25) is 0 Å². The van der Waals surface area contributed by atoms with Crippen LogP contribution in [0.4, 0.5) is 11.4 Å². The third-order valence-electron chi connectivity index (χ3n) is 4.09. The van der Waals surface area contributed by atoms with E-state index in [0.29, 0.717) is 5.69 Å². The number of rotatable bonds is 4. The molecule has 120 valence electrons. The van der Waals surface area contributed by atoms with Crippen molar-refractivity contribution in [1.82, 2.24) is 0 Å². The lowest BCUT2D eigenvalue weighted by Crippen LogP contribution is -2.24. The molecule has 1 aliphatic heterocycles. The Bertz CT molecular complexity index is 730. The summed E-state index contributed by atoms with van der Waals surface area (Å²) in [6, 6.07) is 6.65. The minimum Gasteiger partial charge on any atom is -0.465 e. The number of hydrogen-bond donors (Lipinski definition) is 0. The van der Waals surface area contributed by atoms with Crippen molar-refractivity contribution in [2.75, 3.05) is 18.6 Å². The van der Waals surface area contributed by atoms with Crippen molar-refractivity contribution in [3.8, 4) is 0 Å². The van der Waals surface area contributed by atoms with Gasteiger partial charge in [0.2, 0.25) is 0 Å². The summed E-state index contributed by atoms with van der Waals surface area (Å²) < 4.78 is 4.81. The number of nitro benzene ring substituents is 1. The molecule has 0 spiro atoms. The first-order valence-corrected chi connectivity index (χ1v) is 8.21. The topological polar surface area (TPSA) is 72.7 Å². The highest BCUT2D eigenvalue weighted by Gasteiger charge is 2.30. The van der Waals surface area contributed by atoms with Gasteiger partial charge < -0.3 is 9.64 Å². The number of benzene rings is 1. The largest absolute Gasteiger partial charge is 0.465 e. The number of anilines is 1. The van der Waals surface area contributed by atoms with Crippen molar-refractivity contribution in [3.05, 3.63) is 56.3 Å². The summed E-state index contributed by atoms with van der Waals surface area (Å²) in [5, 5.41) is 15.1. The highest BCUT2D eigenvalue weighted by atomic mass is 32.1. The first kappa shape index (κ1) is 15.5. The number of nitro groups is 1. The molecular formula is C16H16N2O4S. The maximum Gasteiger partial charge on any atom is 0.340 e. The molecule has 1 aromatic heterocycles. The molecule has 0 unspecified atom stereocenters. The lowest BCUT2D eigenvalue weighted by molar-refractivity contribution is -0.384. The molecule has 23 heavy (non-hydrogen) atoms. The van der Waals surface area contributed by atoms with E-state index in [9.17, 15) is 14.9 Å². The van der Waals surface area contributed by atoms with Gasteiger partial charge in [-0.2, -0.15) is 11.3 Å². The van der Waals surface area contributed by atoms with E-state index in [0.717, 1.165) is 19.4 Å². The average molecular weight is 332 g/mol. The van der Waals surface area contributed by atoms with Gasteiger partial charge in [0.1, 0.15) is 0 Å². The average Bonchev–Trinajstić information content (AvgIpc) is 3.23. The van der Waals surface area contributed by atoms with Crippen LogP contribution in [0.3, 0.4) is 0 Å². The zero-order valence-corrected chi connectivity index (χ0v) is 13.4. The Kier molecular flexibility index (Phi) is 4.29. The van der Waals surface area contributed by atoms with E-state index in [1.54, 1.807) is 17.4 Å². The van der Waals surface area contributed by atoms with Crippen LogP contribution < -0.4 is 4.90 Å². The number of thiophene rings is 1. The third kappa shape index (κ3) is 2.92. The third-order valence-corrected chi connectivity index (χ3v) is 4.79. The molecule has 2 aromatic rings. The maximum atomic E-state index is 12.1. The molecule has 0 aliphatic carbocycles. The Hall–Kier alpha value is -2.41. The predicted octanol–water partition coefficient (Wildman–Crippen LogP) is 3.78. The maximum absolute atomic E-state index is 12.1. The van der Waals surface area contributed by atoms with E-state index in [1.807, 2.05) is 5.38 Å². The second-order valence-corrected chi connectivity index (χ2v) is 6.14. The zero-order valence-electron chi connectivity index (χ0n) is 12.6. The zero-order chi connectivity index (χ0) is 16.4. The van der Waals surface area contributed by atoms with Crippen molar-refractivity contribution in [1.29, 1.82) is 0 Å². The lowest BCUT2D eigenvalue weighted by atomic mass is 10.1. The number of non-ortho nitro benzene ring substituents is 1. The van der Waals surface area contributed by atoms with Crippen molar-refractivity contribution < 1.29 is 14.5 Å². The van der Waals surface area contributed by atoms with Crippen molar-refractivity contribution in [2.24, 2.45) is 0 Å². The Labute approximate surface area is 137 Å². The van der Waals surface area contributed by atoms with E-state index in [1.165, 1.54) is 24.8 Å². The first-order valence-electron chi connectivity index (χ1n) is 7.27. The summed E-state index contributed by atoms with van der Waals surface area (Å²) in [5.41, 5.74) is 2.03.